The number of rotatable bonds is 8. The average Bonchev–Trinajstić information content (AvgIpc) is 3.49. The van der Waals surface area contributed by atoms with Crippen LogP contribution in [0.3, 0.4) is 0 Å². The van der Waals surface area contributed by atoms with Gasteiger partial charge in [0.2, 0.25) is 0 Å². The predicted molar refractivity (Wildman–Crippen MR) is 142 cm³/mol. The first-order valence-corrected chi connectivity index (χ1v) is 14.5. The Balaban J connectivity index is 1.84. The molecule has 0 radical (unpaired) electrons. The Kier molecular flexibility index (Phi) is 7.14. The smallest absolute Gasteiger partial charge is 0.251 e. The summed E-state index contributed by atoms with van der Waals surface area (Å²) >= 11 is 3.04. The number of thiophene rings is 2. The summed E-state index contributed by atoms with van der Waals surface area (Å²) in [7, 11) is -3.68. The van der Waals surface area contributed by atoms with E-state index in [4.69, 9.17) is 0 Å². The Morgan fingerprint density at radius 1 is 1.12 bits per heavy atom. The zero-order valence-electron chi connectivity index (χ0n) is 20.1. The molecule has 0 aliphatic carbocycles. The fourth-order valence-corrected chi connectivity index (χ4v) is 8.09. The van der Waals surface area contributed by atoms with E-state index in [-0.39, 0.29) is 6.04 Å². The molecule has 0 fully saturated rings. The molecule has 4 aromatic rings. The molecule has 180 valence electrons. The number of hydrogen-bond acceptors (Lipinski definition) is 5. The van der Waals surface area contributed by atoms with Gasteiger partial charge < -0.3 is 4.57 Å². The zero-order valence-corrected chi connectivity index (χ0v) is 22.6. The molecule has 1 N–H and O–H groups in total. The van der Waals surface area contributed by atoms with E-state index in [2.05, 4.69) is 63.1 Å². The monoisotopic (exact) mass is 513 g/mol. The molecule has 1 aromatic carbocycles. The minimum atomic E-state index is -3.68. The van der Waals surface area contributed by atoms with Crippen molar-refractivity contribution >= 4 is 32.7 Å². The van der Waals surface area contributed by atoms with Crippen LogP contribution in [0.1, 0.15) is 56.7 Å². The maximum Gasteiger partial charge on any atom is 0.251 e. The molecular formula is C26H31N3O2S3. The molecule has 0 saturated heterocycles. The summed E-state index contributed by atoms with van der Waals surface area (Å²) in [6.45, 7) is 9.90. The fourth-order valence-electron chi connectivity index (χ4n) is 4.04. The molecular weight excluding hydrogens is 483 g/mol. The fraction of sp³-hybridized carbons (Fsp3) is 0.346. The quantitative estimate of drug-likeness (QED) is 0.289. The van der Waals surface area contributed by atoms with E-state index >= 15 is 0 Å². The Morgan fingerprint density at radius 2 is 1.91 bits per heavy atom. The third-order valence-corrected chi connectivity index (χ3v) is 9.39. The minimum absolute atomic E-state index is 0.0322. The lowest BCUT2D eigenvalue weighted by molar-refractivity contribution is 0.493. The number of aromatic nitrogens is 2. The van der Waals surface area contributed by atoms with E-state index in [1.165, 1.54) is 16.9 Å². The van der Waals surface area contributed by atoms with Gasteiger partial charge in [0.1, 0.15) is 4.21 Å². The van der Waals surface area contributed by atoms with Gasteiger partial charge in [-0.3, -0.25) is 0 Å². The van der Waals surface area contributed by atoms with E-state index < -0.39 is 15.6 Å². The second-order valence-corrected chi connectivity index (χ2v) is 13.8. The lowest BCUT2D eigenvalue weighted by atomic mass is 9.97. The first kappa shape index (κ1) is 24.9. The van der Waals surface area contributed by atoms with Gasteiger partial charge in [0.25, 0.3) is 10.0 Å². The molecule has 34 heavy (non-hydrogen) atoms. The van der Waals surface area contributed by atoms with Crippen molar-refractivity contribution in [3.8, 4) is 11.1 Å². The van der Waals surface area contributed by atoms with Crippen LogP contribution in [-0.2, 0) is 16.4 Å². The number of benzene rings is 1. The van der Waals surface area contributed by atoms with Gasteiger partial charge in [-0.15, -0.1) is 11.3 Å². The molecule has 0 amide bonds. The van der Waals surface area contributed by atoms with Crippen LogP contribution in [-0.4, -0.2) is 23.5 Å². The highest BCUT2D eigenvalue weighted by Crippen LogP contribution is 2.38. The highest BCUT2D eigenvalue weighted by atomic mass is 32.2. The van der Waals surface area contributed by atoms with E-state index in [9.17, 15) is 8.42 Å². The van der Waals surface area contributed by atoms with Gasteiger partial charge in [-0.2, -0.15) is 11.3 Å². The van der Waals surface area contributed by atoms with Crippen LogP contribution in [0.25, 0.3) is 11.1 Å². The van der Waals surface area contributed by atoms with Crippen molar-refractivity contribution < 1.29 is 8.42 Å². The zero-order chi connectivity index (χ0) is 24.5. The van der Waals surface area contributed by atoms with Crippen LogP contribution in [0.2, 0.25) is 0 Å². The maximum absolute atomic E-state index is 13.4. The SMILES string of the molecule is CC(C)Cc1cc(-c2cccc(C(c3ccsc3)n3ccnc3)c2)c(S(=O)(=O)NC(C)(C)C)s1. The number of nitrogens with zero attached hydrogens (tertiary/aromatic N) is 2. The van der Waals surface area contributed by atoms with Crippen molar-refractivity contribution in [2.45, 2.75) is 56.8 Å². The van der Waals surface area contributed by atoms with Gasteiger partial charge in [0.05, 0.1) is 12.4 Å². The minimum Gasteiger partial charge on any atom is -0.326 e. The van der Waals surface area contributed by atoms with Crippen LogP contribution in [0.15, 0.2) is 70.1 Å². The standard InChI is InChI=1S/C26H31N3O2S3/c1-18(2)13-22-15-23(25(33-22)34(30,31)28-26(3,4)5)19-7-6-8-20(14-19)24(21-9-12-32-16-21)29-11-10-27-17-29/h6-12,14-18,24,28H,13H2,1-5H3. The summed E-state index contributed by atoms with van der Waals surface area (Å²) in [6, 6.07) is 12.4. The van der Waals surface area contributed by atoms with Crippen molar-refractivity contribution in [3.63, 3.8) is 0 Å². The molecule has 0 aliphatic heterocycles. The molecule has 1 unspecified atom stereocenters. The van der Waals surface area contributed by atoms with E-state index in [1.807, 2.05) is 45.4 Å². The van der Waals surface area contributed by atoms with Gasteiger partial charge in [0.15, 0.2) is 0 Å². The number of hydrogen-bond donors (Lipinski definition) is 1. The molecule has 0 spiro atoms. The molecule has 1 atom stereocenters. The van der Waals surface area contributed by atoms with Crippen molar-refractivity contribution in [2.75, 3.05) is 0 Å². The Bertz CT molecular complexity index is 1300. The van der Waals surface area contributed by atoms with Crippen LogP contribution >= 0.6 is 22.7 Å². The molecule has 0 bridgehead atoms. The molecule has 0 saturated carbocycles. The molecule has 3 aromatic heterocycles. The molecule has 5 nitrogen and oxygen atoms in total. The maximum atomic E-state index is 13.4. The number of nitrogens with one attached hydrogen (secondary N) is 1. The van der Waals surface area contributed by atoms with Gasteiger partial charge in [-0.05, 0) is 78.8 Å². The summed E-state index contributed by atoms with van der Waals surface area (Å²) in [5, 5.41) is 4.22. The third kappa shape index (κ3) is 5.68. The largest absolute Gasteiger partial charge is 0.326 e. The van der Waals surface area contributed by atoms with Crippen molar-refractivity contribution in [2.24, 2.45) is 5.92 Å². The van der Waals surface area contributed by atoms with Gasteiger partial charge >= 0.3 is 0 Å². The summed E-state index contributed by atoms with van der Waals surface area (Å²) in [5.41, 5.74) is 3.35. The Hall–Kier alpha value is -2.26. The lowest BCUT2D eigenvalue weighted by Gasteiger charge is -2.21. The number of sulfonamides is 1. The van der Waals surface area contributed by atoms with Gasteiger partial charge in [0, 0.05) is 28.4 Å². The van der Waals surface area contributed by atoms with Crippen molar-refractivity contribution in [1.82, 2.24) is 14.3 Å². The van der Waals surface area contributed by atoms with E-state index in [0.29, 0.717) is 10.1 Å². The molecule has 0 aliphatic rings. The van der Waals surface area contributed by atoms with Gasteiger partial charge in [-0.1, -0.05) is 32.0 Å². The van der Waals surface area contributed by atoms with E-state index in [1.54, 1.807) is 17.5 Å². The molecule has 4 rings (SSSR count). The number of imidazole rings is 1. The second-order valence-electron chi connectivity index (χ2n) is 9.96. The van der Waals surface area contributed by atoms with Crippen LogP contribution in [0.4, 0.5) is 0 Å². The van der Waals surface area contributed by atoms with Crippen LogP contribution < -0.4 is 4.72 Å². The van der Waals surface area contributed by atoms with E-state index in [0.717, 1.165) is 28.0 Å². The lowest BCUT2D eigenvalue weighted by Crippen LogP contribution is -2.40. The van der Waals surface area contributed by atoms with Gasteiger partial charge in [-0.25, -0.2) is 18.1 Å². The summed E-state index contributed by atoms with van der Waals surface area (Å²) < 4.78 is 32.1. The molecule has 3 heterocycles. The summed E-state index contributed by atoms with van der Waals surface area (Å²) in [6.07, 6.45) is 6.41. The Labute approximate surface area is 210 Å². The first-order valence-electron chi connectivity index (χ1n) is 11.3. The summed E-state index contributed by atoms with van der Waals surface area (Å²) in [5.74, 6) is 0.438. The average molecular weight is 514 g/mol. The topological polar surface area (TPSA) is 64.0 Å². The predicted octanol–water partition coefficient (Wildman–Crippen LogP) is 6.59. The highest BCUT2D eigenvalue weighted by molar-refractivity contribution is 7.91. The first-order chi connectivity index (χ1) is 16.0. The second kappa shape index (κ2) is 9.77. The summed E-state index contributed by atoms with van der Waals surface area (Å²) in [4.78, 5) is 5.33. The molecule has 8 heteroatoms. The van der Waals surface area contributed by atoms with Crippen molar-refractivity contribution in [1.29, 1.82) is 0 Å². The van der Waals surface area contributed by atoms with Crippen LogP contribution in [0, 0.1) is 5.92 Å². The highest BCUT2D eigenvalue weighted by Gasteiger charge is 2.28. The van der Waals surface area contributed by atoms with Crippen LogP contribution in [0.5, 0.6) is 0 Å². The van der Waals surface area contributed by atoms with Crippen molar-refractivity contribution in [3.05, 3.63) is 81.9 Å². The normalized spacial score (nSPS) is 13.5. The Morgan fingerprint density at radius 3 is 2.53 bits per heavy atom. The third-order valence-electron chi connectivity index (χ3n) is 5.24.